The molecule has 4 nitrogen and oxygen atoms in total. The molecule has 1 heterocycles. The highest BCUT2D eigenvalue weighted by molar-refractivity contribution is 5.95. The van der Waals surface area contributed by atoms with E-state index in [9.17, 15) is 4.79 Å². The highest BCUT2D eigenvalue weighted by Gasteiger charge is 2.20. The number of anilines is 3. The number of rotatable bonds is 4. The lowest BCUT2D eigenvalue weighted by molar-refractivity contribution is -0.116. The van der Waals surface area contributed by atoms with Crippen molar-refractivity contribution in [2.24, 2.45) is 0 Å². The van der Waals surface area contributed by atoms with Gasteiger partial charge in [-0.15, -0.1) is 0 Å². The van der Waals surface area contributed by atoms with Crippen LogP contribution >= 0.6 is 0 Å². The SMILES string of the molecule is CCCC(C)(C)Nc1cc2c(cc1N)NC(=O)CC2. The lowest BCUT2D eigenvalue weighted by Gasteiger charge is -2.29. The van der Waals surface area contributed by atoms with Gasteiger partial charge in [-0.3, -0.25) is 4.79 Å². The summed E-state index contributed by atoms with van der Waals surface area (Å²) in [5.41, 5.74) is 9.76. The van der Waals surface area contributed by atoms with Gasteiger partial charge in [0.15, 0.2) is 0 Å². The fourth-order valence-electron chi connectivity index (χ4n) is 2.61. The van der Waals surface area contributed by atoms with E-state index in [-0.39, 0.29) is 11.4 Å². The van der Waals surface area contributed by atoms with Crippen LogP contribution in [0, 0.1) is 0 Å². The molecule has 2 rings (SSSR count). The molecule has 1 aromatic carbocycles. The topological polar surface area (TPSA) is 67.2 Å². The van der Waals surface area contributed by atoms with Crippen LogP contribution in [0.1, 0.15) is 45.6 Å². The fourth-order valence-corrected chi connectivity index (χ4v) is 2.61. The molecule has 4 heteroatoms. The van der Waals surface area contributed by atoms with Crippen molar-refractivity contribution in [1.82, 2.24) is 0 Å². The van der Waals surface area contributed by atoms with Crippen molar-refractivity contribution in [1.29, 1.82) is 0 Å². The molecular weight excluding hydrogens is 238 g/mol. The zero-order chi connectivity index (χ0) is 14.0. The molecule has 0 saturated carbocycles. The van der Waals surface area contributed by atoms with Gasteiger partial charge < -0.3 is 16.4 Å². The highest BCUT2D eigenvalue weighted by Crippen LogP contribution is 2.33. The number of aryl methyl sites for hydroxylation is 1. The van der Waals surface area contributed by atoms with Crippen molar-refractivity contribution in [3.8, 4) is 0 Å². The minimum atomic E-state index is 0.0228. The molecule has 0 spiro atoms. The van der Waals surface area contributed by atoms with Gasteiger partial charge in [0.05, 0.1) is 11.4 Å². The van der Waals surface area contributed by atoms with Gasteiger partial charge in [0, 0.05) is 17.6 Å². The molecule has 4 N–H and O–H groups in total. The summed E-state index contributed by atoms with van der Waals surface area (Å²) in [6.45, 7) is 6.53. The zero-order valence-electron chi connectivity index (χ0n) is 12.0. The van der Waals surface area contributed by atoms with Crippen LogP contribution in [-0.4, -0.2) is 11.4 Å². The second-order valence-electron chi connectivity index (χ2n) is 5.90. The van der Waals surface area contributed by atoms with Gasteiger partial charge in [0.1, 0.15) is 0 Å². The van der Waals surface area contributed by atoms with Gasteiger partial charge in [0.2, 0.25) is 5.91 Å². The maximum Gasteiger partial charge on any atom is 0.224 e. The van der Waals surface area contributed by atoms with Gasteiger partial charge in [-0.05, 0) is 44.4 Å². The van der Waals surface area contributed by atoms with Crippen molar-refractivity contribution in [2.75, 3.05) is 16.4 Å². The van der Waals surface area contributed by atoms with Crippen LogP contribution in [0.25, 0.3) is 0 Å². The largest absolute Gasteiger partial charge is 0.397 e. The third-order valence-corrected chi connectivity index (χ3v) is 3.52. The third kappa shape index (κ3) is 3.19. The van der Waals surface area contributed by atoms with Crippen molar-refractivity contribution >= 4 is 23.0 Å². The first kappa shape index (κ1) is 13.7. The molecule has 0 fully saturated rings. The summed E-state index contributed by atoms with van der Waals surface area (Å²) in [5, 5.41) is 6.38. The van der Waals surface area contributed by atoms with Crippen molar-refractivity contribution < 1.29 is 4.79 Å². The first-order valence-corrected chi connectivity index (χ1v) is 6.92. The number of carbonyl (C=O) groups excluding carboxylic acids is 1. The second-order valence-corrected chi connectivity index (χ2v) is 5.90. The van der Waals surface area contributed by atoms with E-state index in [0.29, 0.717) is 12.1 Å². The molecule has 0 aliphatic carbocycles. The van der Waals surface area contributed by atoms with Crippen LogP contribution < -0.4 is 16.4 Å². The Morgan fingerprint density at radius 2 is 2.11 bits per heavy atom. The average molecular weight is 261 g/mol. The van der Waals surface area contributed by atoms with E-state index in [4.69, 9.17) is 5.73 Å². The Hall–Kier alpha value is -1.71. The highest BCUT2D eigenvalue weighted by atomic mass is 16.1. The second kappa shape index (κ2) is 5.11. The van der Waals surface area contributed by atoms with E-state index < -0.39 is 0 Å². The molecule has 1 aliphatic heterocycles. The Kier molecular flexibility index (Phi) is 3.69. The molecule has 104 valence electrons. The fraction of sp³-hybridized carbons (Fsp3) is 0.533. The molecule has 0 unspecified atom stereocenters. The van der Waals surface area contributed by atoms with Crippen LogP contribution in [0.3, 0.4) is 0 Å². The number of nitrogen functional groups attached to an aromatic ring is 1. The Balaban J connectivity index is 2.25. The number of hydrogen-bond acceptors (Lipinski definition) is 3. The van der Waals surface area contributed by atoms with Crippen LogP contribution in [0.15, 0.2) is 12.1 Å². The molecule has 0 radical (unpaired) electrons. The molecule has 0 aromatic heterocycles. The van der Waals surface area contributed by atoms with Crippen LogP contribution in [0.5, 0.6) is 0 Å². The number of nitrogens with one attached hydrogen (secondary N) is 2. The van der Waals surface area contributed by atoms with Crippen LogP contribution in [0.4, 0.5) is 17.1 Å². The first-order valence-electron chi connectivity index (χ1n) is 6.92. The molecule has 0 bridgehead atoms. The minimum Gasteiger partial charge on any atom is -0.397 e. The van der Waals surface area contributed by atoms with Crippen molar-refractivity contribution in [3.63, 3.8) is 0 Å². The predicted molar refractivity (Wildman–Crippen MR) is 80.4 cm³/mol. The molecular formula is C15H23N3O. The zero-order valence-corrected chi connectivity index (χ0v) is 12.0. The quantitative estimate of drug-likeness (QED) is 0.729. The summed E-state index contributed by atoms with van der Waals surface area (Å²) in [4.78, 5) is 11.4. The number of carbonyl (C=O) groups is 1. The Bertz CT molecular complexity index is 494. The summed E-state index contributed by atoms with van der Waals surface area (Å²) in [7, 11) is 0. The Labute approximate surface area is 114 Å². The molecule has 1 aliphatic rings. The average Bonchev–Trinajstić information content (AvgIpc) is 2.30. The lowest BCUT2D eigenvalue weighted by Crippen LogP contribution is -2.31. The summed E-state index contributed by atoms with van der Waals surface area (Å²) >= 11 is 0. The predicted octanol–water partition coefficient (Wildman–Crippen LogP) is 3.14. The first-order chi connectivity index (χ1) is 8.91. The van der Waals surface area contributed by atoms with Crippen molar-refractivity contribution in [2.45, 2.75) is 52.0 Å². The molecule has 1 aromatic rings. The van der Waals surface area contributed by atoms with E-state index in [0.717, 1.165) is 36.2 Å². The van der Waals surface area contributed by atoms with Gasteiger partial charge >= 0.3 is 0 Å². The Morgan fingerprint density at radius 1 is 1.37 bits per heavy atom. The monoisotopic (exact) mass is 261 g/mol. The summed E-state index contributed by atoms with van der Waals surface area (Å²) < 4.78 is 0. The minimum absolute atomic E-state index is 0.0228. The molecule has 19 heavy (non-hydrogen) atoms. The van der Waals surface area contributed by atoms with Crippen LogP contribution in [-0.2, 0) is 11.2 Å². The van der Waals surface area contributed by atoms with E-state index in [1.165, 1.54) is 0 Å². The number of hydrogen-bond donors (Lipinski definition) is 3. The molecule has 1 amide bonds. The summed E-state index contributed by atoms with van der Waals surface area (Å²) in [6, 6.07) is 3.93. The van der Waals surface area contributed by atoms with E-state index in [2.05, 4.69) is 37.5 Å². The number of nitrogens with two attached hydrogens (primary N) is 1. The molecule has 0 saturated heterocycles. The third-order valence-electron chi connectivity index (χ3n) is 3.52. The normalized spacial score (nSPS) is 14.8. The van der Waals surface area contributed by atoms with Crippen LogP contribution in [0.2, 0.25) is 0 Å². The van der Waals surface area contributed by atoms with Gasteiger partial charge in [-0.25, -0.2) is 0 Å². The smallest absolute Gasteiger partial charge is 0.224 e. The lowest BCUT2D eigenvalue weighted by atomic mass is 9.96. The number of amides is 1. The van der Waals surface area contributed by atoms with Gasteiger partial charge in [0.25, 0.3) is 0 Å². The van der Waals surface area contributed by atoms with E-state index in [1.54, 1.807) is 0 Å². The number of benzene rings is 1. The standard InChI is InChI=1S/C15H23N3O/c1-4-7-15(2,3)18-13-8-10-5-6-14(19)17-12(10)9-11(13)16/h8-9,18H,4-7,16H2,1-3H3,(H,17,19). The van der Waals surface area contributed by atoms with Gasteiger partial charge in [-0.2, -0.15) is 0 Å². The van der Waals surface area contributed by atoms with E-state index >= 15 is 0 Å². The summed E-state index contributed by atoms with van der Waals surface area (Å²) in [5.74, 6) is 0.0684. The van der Waals surface area contributed by atoms with Crippen molar-refractivity contribution in [3.05, 3.63) is 17.7 Å². The Morgan fingerprint density at radius 3 is 2.79 bits per heavy atom. The van der Waals surface area contributed by atoms with Gasteiger partial charge in [-0.1, -0.05) is 13.3 Å². The molecule has 0 atom stereocenters. The number of fused-ring (bicyclic) bond motifs is 1. The summed E-state index contributed by atoms with van der Waals surface area (Å²) in [6.07, 6.45) is 3.54. The van der Waals surface area contributed by atoms with E-state index in [1.807, 2.05) is 6.07 Å². The maximum absolute atomic E-state index is 11.4. The maximum atomic E-state index is 11.4.